The van der Waals surface area contributed by atoms with Crippen LogP contribution in [-0.2, 0) is 14.8 Å². The number of carbonyl (C=O) groups excluding carboxylic acids is 1. The number of aromatic nitrogens is 1. The first-order valence-electron chi connectivity index (χ1n) is 8.32. The van der Waals surface area contributed by atoms with E-state index < -0.39 is 15.9 Å². The normalized spacial score (nSPS) is 11.4. The van der Waals surface area contributed by atoms with Gasteiger partial charge in [0.05, 0.1) is 18.4 Å². The van der Waals surface area contributed by atoms with Gasteiger partial charge in [-0.1, -0.05) is 24.3 Å². The van der Waals surface area contributed by atoms with Crippen LogP contribution in [0.5, 0.6) is 5.75 Å². The molecule has 0 radical (unpaired) electrons. The number of carbonyl (C=O) groups is 1. The quantitative estimate of drug-likeness (QED) is 0.453. The van der Waals surface area contributed by atoms with E-state index >= 15 is 0 Å². The lowest BCUT2D eigenvalue weighted by atomic mass is 10.2. The summed E-state index contributed by atoms with van der Waals surface area (Å²) in [6, 6.07) is 14.3. The average molecular weight is 418 g/mol. The molecule has 1 heterocycles. The summed E-state index contributed by atoms with van der Waals surface area (Å²) in [7, 11) is -2.58. The Kier molecular flexibility index (Phi) is 6.18. The molecule has 0 bridgehead atoms. The van der Waals surface area contributed by atoms with Gasteiger partial charge >= 0.3 is 0 Å². The van der Waals surface area contributed by atoms with Gasteiger partial charge in [0.15, 0.2) is 0 Å². The number of amides is 1. The molecule has 3 rings (SSSR count). The van der Waals surface area contributed by atoms with Crippen LogP contribution < -0.4 is 15.0 Å². The Morgan fingerprint density at radius 2 is 1.96 bits per heavy atom. The maximum atomic E-state index is 12.5. The van der Waals surface area contributed by atoms with Crippen LogP contribution in [-0.4, -0.2) is 32.2 Å². The number of rotatable bonds is 7. The van der Waals surface area contributed by atoms with Crippen LogP contribution in [0.15, 0.2) is 64.5 Å². The van der Waals surface area contributed by atoms with Crippen molar-refractivity contribution in [3.63, 3.8) is 0 Å². The fourth-order valence-corrected chi connectivity index (χ4v) is 4.50. The molecular formula is C19H19N3O4S2. The maximum absolute atomic E-state index is 12.5. The van der Waals surface area contributed by atoms with E-state index in [2.05, 4.69) is 15.2 Å². The monoisotopic (exact) mass is 417 g/mol. The number of nitrogens with zero attached hydrogens (tertiary/aromatic N) is 1. The Bertz CT molecular complexity index is 1110. The number of methoxy groups -OCH3 is 1. The zero-order valence-electron chi connectivity index (χ0n) is 15.3. The maximum Gasteiger partial charge on any atom is 0.261 e. The van der Waals surface area contributed by atoms with Crippen molar-refractivity contribution in [2.45, 2.75) is 16.7 Å². The van der Waals surface area contributed by atoms with Gasteiger partial charge in [-0.2, -0.15) is 0 Å². The molecule has 1 amide bonds. The fourth-order valence-electron chi connectivity index (χ4n) is 2.55. The Labute approximate surface area is 167 Å². The predicted molar refractivity (Wildman–Crippen MR) is 109 cm³/mol. The van der Waals surface area contributed by atoms with Crippen LogP contribution in [0.25, 0.3) is 10.9 Å². The number of thioether (sulfide) groups is 1. The summed E-state index contributed by atoms with van der Waals surface area (Å²) in [6.07, 6.45) is 1.69. The van der Waals surface area contributed by atoms with Gasteiger partial charge in [-0.3, -0.25) is 15.2 Å². The Morgan fingerprint density at radius 3 is 2.75 bits per heavy atom. The van der Waals surface area contributed by atoms with Crippen molar-refractivity contribution in [1.82, 2.24) is 15.2 Å². The number of benzene rings is 2. The summed E-state index contributed by atoms with van der Waals surface area (Å²) in [5.74, 6) is -0.250. The molecule has 2 aromatic carbocycles. The van der Waals surface area contributed by atoms with Crippen LogP contribution in [0.3, 0.4) is 0 Å². The second-order valence-corrected chi connectivity index (χ2v) is 8.60. The first-order chi connectivity index (χ1) is 13.4. The van der Waals surface area contributed by atoms with Gasteiger partial charge in [-0.25, -0.2) is 8.42 Å². The number of sulfonamides is 1. The number of hydrogen-bond donors (Lipinski definition) is 2. The van der Waals surface area contributed by atoms with E-state index in [1.807, 2.05) is 30.3 Å². The Morgan fingerprint density at radius 1 is 1.18 bits per heavy atom. The van der Waals surface area contributed by atoms with E-state index in [1.54, 1.807) is 25.3 Å². The third-order valence-electron chi connectivity index (χ3n) is 3.89. The molecule has 3 aromatic rings. The molecule has 28 heavy (non-hydrogen) atoms. The number of para-hydroxylation sites is 1. The number of nitrogens with one attached hydrogen (secondary N) is 2. The van der Waals surface area contributed by atoms with Gasteiger partial charge in [0.25, 0.3) is 10.0 Å². The fraction of sp³-hybridized carbons (Fsp3) is 0.158. The Balaban J connectivity index is 1.65. The zero-order valence-corrected chi connectivity index (χ0v) is 16.9. The van der Waals surface area contributed by atoms with Crippen molar-refractivity contribution in [2.24, 2.45) is 0 Å². The second kappa shape index (κ2) is 8.59. The molecule has 0 saturated carbocycles. The van der Waals surface area contributed by atoms with Gasteiger partial charge in [0, 0.05) is 16.5 Å². The summed E-state index contributed by atoms with van der Waals surface area (Å²) >= 11 is 1.28. The minimum Gasteiger partial charge on any atom is -0.495 e. The molecule has 0 aliphatic carbocycles. The van der Waals surface area contributed by atoms with Gasteiger partial charge in [-0.05, 0) is 36.8 Å². The van der Waals surface area contributed by atoms with Crippen molar-refractivity contribution in [1.29, 1.82) is 0 Å². The molecule has 0 unspecified atom stereocenters. The highest BCUT2D eigenvalue weighted by Crippen LogP contribution is 2.26. The minimum atomic E-state index is -3.97. The lowest BCUT2D eigenvalue weighted by Crippen LogP contribution is -2.42. The SMILES string of the molecule is COc1ccc(C)cc1S(=O)(=O)NNC(=O)CSc1cccc2cccnc12. The van der Waals surface area contributed by atoms with E-state index in [1.165, 1.54) is 24.9 Å². The number of hydrogen-bond acceptors (Lipinski definition) is 6. The van der Waals surface area contributed by atoms with E-state index in [0.29, 0.717) is 0 Å². The van der Waals surface area contributed by atoms with Crippen LogP contribution in [0.4, 0.5) is 0 Å². The van der Waals surface area contributed by atoms with Crippen molar-refractivity contribution in [2.75, 3.05) is 12.9 Å². The highest BCUT2D eigenvalue weighted by atomic mass is 32.2. The van der Waals surface area contributed by atoms with Crippen molar-refractivity contribution in [3.8, 4) is 5.75 Å². The average Bonchev–Trinajstić information content (AvgIpc) is 2.70. The first-order valence-corrected chi connectivity index (χ1v) is 10.8. The van der Waals surface area contributed by atoms with Crippen molar-refractivity contribution >= 4 is 38.6 Å². The molecule has 0 aliphatic rings. The molecule has 9 heteroatoms. The van der Waals surface area contributed by atoms with Gasteiger partial charge in [0.1, 0.15) is 10.6 Å². The second-order valence-electron chi connectivity index (χ2n) is 5.93. The van der Waals surface area contributed by atoms with E-state index in [9.17, 15) is 13.2 Å². The highest BCUT2D eigenvalue weighted by Gasteiger charge is 2.20. The number of ether oxygens (including phenoxy) is 1. The summed E-state index contributed by atoms with van der Waals surface area (Å²) < 4.78 is 30.1. The van der Waals surface area contributed by atoms with Crippen LogP contribution in [0.2, 0.25) is 0 Å². The summed E-state index contributed by atoms with van der Waals surface area (Å²) in [5, 5.41) is 0.972. The number of hydrazine groups is 1. The van der Waals surface area contributed by atoms with E-state index in [4.69, 9.17) is 4.74 Å². The molecule has 2 N–H and O–H groups in total. The van der Waals surface area contributed by atoms with Gasteiger partial charge in [0.2, 0.25) is 5.91 Å². The molecule has 0 aliphatic heterocycles. The summed E-state index contributed by atoms with van der Waals surface area (Å²) in [5.41, 5.74) is 3.79. The Hall–Kier alpha value is -2.62. The lowest BCUT2D eigenvalue weighted by Gasteiger charge is -2.12. The van der Waals surface area contributed by atoms with E-state index in [0.717, 1.165) is 21.4 Å². The predicted octanol–water partition coefficient (Wildman–Crippen LogP) is 2.65. The lowest BCUT2D eigenvalue weighted by molar-refractivity contribution is -0.119. The molecular weight excluding hydrogens is 398 g/mol. The zero-order chi connectivity index (χ0) is 20.1. The third kappa shape index (κ3) is 4.61. The van der Waals surface area contributed by atoms with Crippen LogP contribution in [0.1, 0.15) is 5.56 Å². The molecule has 146 valence electrons. The van der Waals surface area contributed by atoms with Gasteiger partial charge in [-0.15, -0.1) is 16.6 Å². The molecule has 0 atom stereocenters. The molecule has 0 spiro atoms. The van der Waals surface area contributed by atoms with Crippen LogP contribution in [0, 0.1) is 6.92 Å². The van der Waals surface area contributed by atoms with Crippen molar-refractivity contribution in [3.05, 3.63) is 60.3 Å². The van der Waals surface area contributed by atoms with Gasteiger partial charge < -0.3 is 4.74 Å². The topological polar surface area (TPSA) is 97.4 Å². The standard InChI is InChI=1S/C19H19N3O4S2/c1-13-8-9-15(26-2)17(11-13)28(24,25)22-21-18(23)12-27-16-7-3-5-14-6-4-10-20-19(14)16/h3-11,22H,12H2,1-2H3,(H,21,23). The molecule has 0 saturated heterocycles. The molecule has 1 aromatic heterocycles. The van der Waals surface area contributed by atoms with Crippen LogP contribution >= 0.6 is 11.8 Å². The van der Waals surface area contributed by atoms with E-state index in [-0.39, 0.29) is 16.4 Å². The number of aryl methyl sites for hydroxylation is 1. The number of fused-ring (bicyclic) bond motifs is 1. The minimum absolute atomic E-state index is 0.0309. The largest absolute Gasteiger partial charge is 0.495 e. The number of pyridine rings is 1. The smallest absolute Gasteiger partial charge is 0.261 e. The highest BCUT2D eigenvalue weighted by molar-refractivity contribution is 8.00. The third-order valence-corrected chi connectivity index (χ3v) is 6.20. The van der Waals surface area contributed by atoms with Crippen molar-refractivity contribution < 1.29 is 17.9 Å². The first kappa shape index (κ1) is 20.1. The summed E-state index contributed by atoms with van der Waals surface area (Å²) in [4.78, 5) is 19.4. The summed E-state index contributed by atoms with van der Waals surface area (Å²) in [6.45, 7) is 1.77. The molecule has 0 fully saturated rings. The molecule has 7 nitrogen and oxygen atoms in total.